The minimum atomic E-state index is -1.09. The molecule has 0 aromatic heterocycles. The highest BCUT2D eigenvalue weighted by Gasteiger charge is 2.24. The molecule has 0 aliphatic carbocycles. The largest absolute Gasteiger partial charge is 0.467 e. The number of benzene rings is 2. The molecule has 2 aromatic carbocycles. The van der Waals surface area contributed by atoms with E-state index in [1.54, 1.807) is 54.6 Å². The second-order valence-corrected chi connectivity index (χ2v) is 8.02. The summed E-state index contributed by atoms with van der Waals surface area (Å²) in [6.45, 7) is 4.13. The van der Waals surface area contributed by atoms with Gasteiger partial charge in [0.05, 0.1) is 7.11 Å². The van der Waals surface area contributed by atoms with Gasteiger partial charge in [0.2, 0.25) is 11.8 Å². The summed E-state index contributed by atoms with van der Waals surface area (Å²) in [5, 5.41) is 9.94. The lowest BCUT2D eigenvalue weighted by atomic mass is 10.1. The smallest absolute Gasteiger partial charge is 0.328 e. The quantitative estimate of drug-likeness (QED) is 0.284. The van der Waals surface area contributed by atoms with Gasteiger partial charge in [0.25, 0.3) is 11.8 Å². The number of esters is 1. The average molecular weight is 507 g/mol. The van der Waals surface area contributed by atoms with Crippen molar-refractivity contribution in [3.63, 3.8) is 0 Å². The van der Waals surface area contributed by atoms with Crippen LogP contribution in [0, 0.1) is 0 Å². The van der Waals surface area contributed by atoms with E-state index in [-0.39, 0.29) is 11.4 Å². The van der Waals surface area contributed by atoms with Gasteiger partial charge in [0.15, 0.2) is 0 Å². The average Bonchev–Trinajstić information content (AvgIpc) is 2.88. The first-order valence-corrected chi connectivity index (χ1v) is 11.4. The van der Waals surface area contributed by atoms with Crippen molar-refractivity contribution >= 4 is 41.8 Å². The number of hydrogen-bond donors (Lipinski definition) is 4. The maximum absolute atomic E-state index is 12.9. The maximum atomic E-state index is 12.9. The lowest BCUT2D eigenvalue weighted by Gasteiger charge is -2.18. The molecule has 4 amide bonds. The molecule has 0 saturated carbocycles. The van der Waals surface area contributed by atoms with Crippen LogP contribution in [0.15, 0.2) is 72.1 Å². The standard InChI is InChI=1S/C27H30N4O6/c1-17(28-25(34)22(30-19(3)32)15-20-11-7-5-8-12-20)24(33)31-23(16-21-13-9-6-10-14-21)26(35)29-18(2)27(36)37-4/h5-18H,1-4H3,(H,28,34)(H,29,35)(H,30,32)(H,31,33)/b22-15-,23-16-/t17-,18+/m0/s1. The Morgan fingerprint density at radius 2 is 1.14 bits per heavy atom. The minimum absolute atomic E-state index is 0.0527. The summed E-state index contributed by atoms with van der Waals surface area (Å²) < 4.78 is 4.62. The van der Waals surface area contributed by atoms with E-state index in [4.69, 9.17) is 0 Å². The molecule has 0 bridgehead atoms. The van der Waals surface area contributed by atoms with Gasteiger partial charge >= 0.3 is 5.97 Å². The Balaban J connectivity index is 2.21. The van der Waals surface area contributed by atoms with E-state index < -0.39 is 41.7 Å². The van der Waals surface area contributed by atoms with Gasteiger partial charge in [-0.3, -0.25) is 19.2 Å². The van der Waals surface area contributed by atoms with Crippen molar-refractivity contribution in [3.05, 3.63) is 83.2 Å². The predicted octanol–water partition coefficient (Wildman–Crippen LogP) is 1.50. The van der Waals surface area contributed by atoms with Crippen LogP contribution in [-0.4, -0.2) is 48.8 Å². The van der Waals surface area contributed by atoms with Crippen molar-refractivity contribution in [2.45, 2.75) is 32.9 Å². The van der Waals surface area contributed by atoms with Gasteiger partial charge in [-0.25, -0.2) is 4.79 Å². The number of carbonyl (C=O) groups is 5. The molecular formula is C27H30N4O6. The first kappa shape index (κ1) is 28.5. The molecular weight excluding hydrogens is 476 g/mol. The number of hydrogen-bond acceptors (Lipinski definition) is 6. The molecule has 2 aromatic rings. The van der Waals surface area contributed by atoms with Crippen LogP contribution in [0.25, 0.3) is 12.2 Å². The third-order valence-corrected chi connectivity index (χ3v) is 4.92. The summed E-state index contributed by atoms with van der Waals surface area (Å²) in [7, 11) is 1.19. The summed E-state index contributed by atoms with van der Waals surface area (Å²) in [5.74, 6) is -3.23. The molecule has 0 unspecified atom stereocenters. The molecule has 194 valence electrons. The number of rotatable bonds is 10. The van der Waals surface area contributed by atoms with Gasteiger partial charge in [0, 0.05) is 6.92 Å². The molecule has 0 fully saturated rings. The fourth-order valence-corrected chi connectivity index (χ4v) is 3.03. The Labute approximate surface area is 215 Å². The van der Waals surface area contributed by atoms with Crippen LogP contribution < -0.4 is 21.3 Å². The van der Waals surface area contributed by atoms with Crippen LogP contribution >= 0.6 is 0 Å². The van der Waals surface area contributed by atoms with E-state index in [1.807, 2.05) is 6.07 Å². The van der Waals surface area contributed by atoms with E-state index in [0.717, 1.165) is 0 Å². The summed E-state index contributed by atoms with van der Waals surface area (Å²) in [6.07, 6.45) is 2.91. The lowest BCUT2D eigenvalue weighted by molar-refractivity contribution is -0.144. The van der Waals surface area contributed by atoms with Gasteiger partial charge in [-0.1, -0.05) is 60.7 Å². The number of nitrogens with one attached hydrogen (secondary N) is 4. The van der Waals surface area contributed by atoms with Gasteiger partial charge in [-0.05, 0) is 37.1 Å². The minimum Gasteiger partial charge on any atom is -0.467 e. The number of methoxy groups -OCH3 is 1. The maximum Gasteiger partial charge on any atom is 0.328 e. The highest BCUT2D eigenvalue weighted by molar-refractivity contribution is 6.05. The van der Waals surface area contributed by atoms with Crippen LogP contribution in [0.1, 0.15) is 31.9 Å². The zero-order chi connectivity index (χ0) is 27.4. The molecule has 37 heavy (non-hydrogen) atoms. The normalized spacial score (nSPS) is 13.0. The van der Waals surface area contributed by atoms with E-state index >= 15 is 0 Å². The Morgan fingerprint density at radius 1 is 0.703 bits per heavy atom. The van der Waals surface area contributed by atoms with E-state index in [1.165, 1.54) is 40.0 Å². The molecule has 0 heterocycles. The van der Waals surface area contributed by atoms with Gasteiger partial charge in [0.1, 0.15) is 23.5 Å². The molecule has 0 spiro atoms. The Kier molecular flexibility index (Phi) is 10.8. The fraction of sp³-hybridized carbons (Fsp3) is 0.222. The molecule has 2 atom stereocenters. The predicted molar refractivity (Wildman–Crippen MR) is 138 cm³/mol. The molecule has 2 rings (SSSR count). The summed E-state index contributed by atoms with van der Waals surface area (Å²) >= 11 is 0. The number of ether oxygens (including phenoxy) is 1. The van der Waals surface area contributed by atoms with Gasteiger partial charge in [-0.15, -0.1) is 0 Å². The molecule has 10 heteroatoms. The third-order valence-electron chi connectivity index (χ3n) is 4.92. The van der Waals surface area contributed by atoms with Crippen molar-refractivity contribution in [1.82, 2.24) is 21.3 Å². The van der Waals surface area contributed by atoms with Crippen LogP contribution in [0.5, 0.6) is 0 Å². The second kappa shape index (κ2) is 14.0. The Bertz CT molecular complexity index is 1190. The molecule has 0 aliphatic heterocycles. The molecule has 0 saturated heterocycles. The molecule has 10 nitrogen and oxygen atoms in total. The van der Waals surface area contributed by atoms with Crippen LogP contribution in [0.2, 0.25) is 0 Å². The zero-order valence-electron chi connectivity index (χ0n) is 21.0. The first-order chi connectivity index (χ1) is 17.6. The number of carbonyl (C=O) groups excluding carboxylic acids is 5. The van der Waals surface area contributed by atoms with Crippen LogP contribution in [0.4, 0.5) is 0 Å². The van der Waals surface area contributed by atoms with E-state index in [2.05, 4.69) is 26.0 Å². The van der Waals surface area contributed by atoms with Crippen LogP contribution in [0.3, 0.4) is 0 Å². The topological polar surface area (TPSA) is 143 Å². The molecule has 0 radical (unpaired) electrons. The summed E-state index contributed by atoms with van der Waals surface area (Å²) in [4.78, 5) is 62.0. The first-order valence-electron chi connectivity index (χ1n) is 11.4. The summed E-state index contributed by atoms with van der Waals surface area (Å²) in [6, 6.07) is 15.6. The highest BCUT2D eigenvalue weighted by Crippen LogP contribution is 2.08. The molecule has 4 N–H and O–H groups in total. The lowest BCUT2D eigenvalue weighted by Crippen LogP contribution is -2.49. The van der Waals surface area contributed by atoms with Crippen LogP contribution in [-0.2, 0) is 28.7 Å². The highest BCUT2D eigenvalue weighted by atomic mass is 16.5. The van der Waals surface area contributed by atoms with Crippen molar-refractivity contribution in [2.24, 2.45) is 0 Å². The third kappa shape index (κ3) is 9.44. The van der Waals surface area contributed by atoms with Crippen molar-refractivity contribution in [2.75, 3.05) is 7.11 Å². The van der Waals surface area contributed by atoms with E-state index in [0.29, 0.717) is 11.1 Å². The second-order valence-electron chi connectivity index (χ2n) is 8.02. The van der Waals surface area contributed by atoms with Gasteiger partial charge in [-0.2, -0.15) is 0 Å². The van der Waals surface area contributed by atoms with Crippen molar-refractivity contribution in [3.8, 4) is 0 Å². The number of amides is 4. The Morgan fingerprint density at radius 3 is 1.57 bits per heavy atom. The van der Waals surface area contributed by atoms with Crippen molar-refractivity contribution in [1.29, 1.82) is 0 Å². The van der Waals surface area contributed by atoms with Crippen molar-refractivity contribution < 1.29 is 28.7 Å². The summed E-state index contributed by atoms with van der Waals surface area (Å²) in [5.41, 5.74) is 1.09. The van der Waals surface area contributed by atoms with Gasteiger partial charge < -0.3 is 26.0 Å². The molecule has 0 aliphatic rings. The zero-order valence-corrected chi connectivity index (χ0v) is 21.0. The Hall–Kier alpha value is -4.73. The monoisotopic (exact) mass is 506 g/mol. The van der Waals surface area contributed by atoms with E-state index in [9.17, 15) is 24.0 Å². The SMILES string of the molecule is COC(=O)[C@@H](C)NC(=O)/C(=C/c1ccccc1)NC(=O)[C@H](C)NC(=O)/C(=C/c1ccccc1)NC(C)=O. The fourth-order valence-electron chi connectivity index (χ4n) is 3.03.